The summed E-state index contributed by atoms with van der Waals surface area (Å²) >= 11 is 0. The molecular formula is C49H33N3. The summed E-state index contributed by atoms with van der Waals surface area (Å²) in [7, 11) is 0. The van der Waals surface area contributed by atoms with Gasteiger partial charge in [-0.2, -0.15) is 5.26 Å². The van der Waals surface area contributed by atoms with E-state index in [1.807, 2.05) is 36.4 Å². The maximum Gasteiger partial charge on any atom is 0.0992 e. The van der Waals surface area contributed by atoms with Crippen LogP contribution < -0.4 is 4.90 Å². The van der Waals surface area contributed by atoms with Crippen molar-refractivity contribution in [2.75, 3.05) is 4.90 Å². The smallest absolute Gasteiger partial charge is 0.0992 e. The van der Waals surface area contributed by atoms with E-state index >= 15 is 0 Å². The van der Waals surface area contributed by atoms with Crippen molar-refractivity contribution in [2.24, 2.45) is 0 Å². The third-order valence-corrected chi connectivity index (χ3v) is 9.92. The molecule has 0 bridgehead atoms. The van der Waals surface area contributed by atoms with Crippen LogP contribution in [0.4, 0.5) is 11.4 Å². The number of anilines is 2. The van der Waals surface area contributed by atoms with Crippen molar-refractivity contribution >= 4 is 38.9 Å². The second kappa shape index (κ2) is 12.9. The molecule has 7 aromatic carbocycles. The van der Waals surface area contributed by atoms with Crippen LogP contribution in [0.2, 0.25) is 0 Å². The lowest BCUT2D eigenvalue weighted by Crippen LogP contribution is -2.26. The Kier molecular flexibility index (Phi) is 7.69. The summed E-state index contributed by atoms with van der Waals surface area (Å²) in [4.78, 5) is 2.20. The highest BCUT2D eigenvalue weighted by molar-refractivity contribution is 6.11. The van der Waals surface area contributed by atoms with Crippen LogP contribution in [-0.4, -0.2) is 4.57 Å². The summed E-state index contributed by atoms with van der Waals surface area (Å²) in [5, 5.41) is 12.0. The van der Waals surface area contributed by atoms with Crippen molar-refractivity contribution in [1.29, 1.82) is 5.26 Å². The first-order valence-electron chi connectivity index (χ1n) is 17.4. The Labute approximate surface area is 303 Å². The summed E-state index contributed by atoms with van der Waals surface area (Å²) < 4.78 is 2.37. The van der Waals surface area contributed by atoms with Crippen LogP contribution in [0.25, 0.3) is 66.6 Å². The van der Waals surface area contributed by atoms with E-state index in [0.29, 0.717) is 5.56 Å². The van der Waals surface area contributed by atoms with Crippen molar-refractivity contribution < 1.29 is 0 Å². The number of aromatic nitrogens is 1. The average Bonchev–Trinajstić information content (AvgIpc) is 3.54. The first-order chi connectivity index (χ1) is 25.7. The van der Waals surface area contributed by atoms with Gasteiger partial charge in [-0.3, -0.25) is 0 Å². The molecule has 8 aromatic rings. The number of allylic oxidation sites excluding steroid dienone is 4. The molecule has 52 heavy (non-hydrogen) atoms. The summed E-state index contributed by atoms with van der Waals surface area (Å²) in [5.74, 6) is 0. The van der Waals surface area contributed by atoms with Gasteiger partial charge < -0.3 is 9.47 Å². The quantitative estimate of drug-likeness (QED) is 0.159. The molecule has 0 aliphatic carbocycles. The normalized spacial score (nSPS) is 13.0. The number of para-hydroxylation sites is 1. The zero-order valence-electron chi connectivity index (χ0n) is 28.4. The molecule has 244 valence electrons. The maximum absolute atomic E-state index is 9.53. The van der Waals surface area contributed by atoms with Crippen LogP contribution in [-0.2, 0) is 0 Å². The highest BCUT2D eigenvalue weighted by Crippen LogP contribution is 2.49. The number of benzene rings is 7. The van der Waals surface area contributed by atoms with E-state index in [0.717, 1.165) is 33.9 Å². The van der Waals surface area contributed by atoms with Gasteiger partial charge in [0.15, 0.2) is 0 Å². The van der Waals surface area contributed by atoms with Crippen molar-refractivity contribution in [3.05, 3.63) is 206 Å². The second-order valence-corrected chi connectivity index (χ2v) is 13.0. The third-order valence-electron chi connectivity index (χ3n) is 9.92. The van der Waals surface area contributed by atoms with Gasteiger partial charge in [-0.05, 0) is 106 Å². The topological polar surface area (TPSA) is 32.0 Å². The van der Waals surface area contributed by atoms with Crippen LogP contribution in [0, 0.1) is 11.3 Å². The van der Waals surface area contributed by atoms with Gasteiger partial charge in [0, 0.05) is 27.7 Å². The molecule has 0 saturated heterocycles. The van der Waals surface area contributed by atoms with Gasteiger partial charge in [0.25, 0.3) is 0 Å². The van der Waals surface area contributed by atoms with Crippen molar-refractivity contribution in [3.63, 3.8) is 0 Å². The SMILES string of the molecule is C=C/C=C\C=C1\c2cc(-c3ccc4c(c3)c3ccccc3n4-c3ccc(-c4cccc(-c5ccccc5)c4)cc3)ccc2N1c1cccc(C#N)c1. The highest BCUT2D eigenvalue weighted by atomic mass is 15.2. The molecule has 0 spiro atoms. The Bertz CT molecular complexity index is 2760. The van der Waals surface area contributed by atoms with Gasteiger partial charge in [0.05, 0.1) is 34.1 Å². The lowest BCUT2D eigenvalue weighted by Gasteiger charge is -2.39. The predicted molar refractivity (Wildman–Crippen MR) is 218 cm³/mol. The van der Waals surface area contributed by atoms with E-state index in [4.69, 9.17) is 0 Å². The van der Waals surface area contributed by atoms with Crippen LogP contribution >= 0.6 is 0 Å². The second-order valence-electron chi connectivity index (χ2n) is 13.0. The van der Waals surface area contributed by atoms with E-state index in [1.165, 1.54) is 49.6 Å². The van der Waals surface area contributed by atoms with E-state index in [-0.39, 0.29) is 0 Å². The van der Waals surface area contributed by atoms with Crippen LogP contribution in [0.15, 0.2) is 195 Å². The molecule has 9 rings (SSSR count). The zero-order valence-corrected chi connectivity index (χ0v) is 28.4. The monoisotopic (exact) mass is 663 g/mol. The van der Waals surface area contributed by atoms with Crippen LogP contribution in [0.3, 0.4) is 0 Å². The Hall–Kier alpha value is -7.15. The molecule has 3 heteroatoms. The molecule has 2 heterocycles. The minimum atomic E-state index is 0.639. The molecule has 0 saturated carbocycles. The van der Waals surface area contributed by atoms with Gasteiger partial charge in [-0.1, -0.05) is 122 Å². The van der Waals surface area contributed by atoms with E-state index < -0.39 is 0 Å². The van der Waals surface area contributed by atoms with Crippen molar-refractivity contribution in [2.45, 2.75) is 0 Å². The number of hydrogen-bond donors (Lipinski definition) is 0. The minimum Gasteiger partial charge on any atom is -0.309 e. The van der Waals surface area contributed by atoms with E-state index in [9.17, 15) is 5.26 Å². The zero-order chi connectivity index (χ0) is 35.0. The van der Waals surface area contributed by atoms with Crippen LogP contribution in [0.1, 0.15) is 11.1 Å². The third kappa shape index (κ3) is 5.31. The fourth-order valence-corrected chi connectivity index (χ4v) is 7.44. The summed E-state index contributed by atoms with van der Waals surface area (Å²) in [6.45, 7) is 3.83. The Morgan fingerprint density at radius 1 is 0.500 bits per heavy atom. The molecule has 0 unspecified atom stereocenters. The average molecular weight is 664 g/mol. The molecule has 0 atom stereocenters. The number of fused-ring (bicyclic) bond motifs is 4. The summed E-state index contributed by atoms with van der Waals surface area (Å²) in [6.07, 6.45) is 7.82. The lowest BCUT2D eigenvalue weighted by atomic mass is 9.91. The Morgan fingerprint density at radius 2 is 1.15 bits per heavy atom. The molecule has 1 aliphatic rings. The highest BCUT2D eigenvalue weighted by Gasteiger charge is 2.30. The van der Waals surface area contributed by atoms with Gasteiger partial charge in [-0.25, -0.2) is 0 Å². The molecule has 3 nitrogen and oxygen atoms in total. The lowest BCUT2D eigenvalue weighted by molar-refractivity contribution is 1.18. The largest absolute Gasteiger partial charge is 0.309 e. The predicted octanol–water partition coefficient (Wildman–Crippen LogP) is 12.9. The van der Waals surface area contributed by atoms with E-state index in [2.05, 4.69) is 168 Å². The molecule has 0 fully saturated rings. The number of nitrogens with zero attached hydrogens (tertiary/aromatic N) is 3. The van der Waals surface area contributed by atoms with Gasteiger partial charge in [0.2, 0.25) is 0 Å². The fourth-order valence-electron chi connectivity index (χ4n) is 7.44. The summed E-state index contributed by atoms with van der Waals surface area (Å²) in [5.41, 5.74) is 15.6. The Balaban J connectivity index is 1.09. The number of nitriles is 1. The molecule has 0 amide bonds. The van der Waals surface area contributed by atoms with Gasteiger partial charge >= 0.3 is 0 Å². The van der Waals surface area contributed by atoms with Gasteiger partial charge in [-0.15, -0.1) is 0 Å². The van der Waals surface area contributed by atoms with Crippen molar-refractivity contribution in [3.8, 4) is 45.1 Å². The maximum atomic E-state index is 9.53. The molecular weight excluding hydrogens is 631 g/mol. The fraction of sp³-hybridized carbons (Fsp3) is 0. The first-order valence-corrected chi connectivity index (χ1v) is 17.4. The van der Waals surface area contributed by atoms with Gasteiger partial charge in [0.1, 0.15) is 0 Å². The van der Waals surface area contributed by atoms with Crippen LogP contribution in [0.5, 0.6) is 0 Å². The Morgan fingerprint density at radius 3 is 1.96 bits per heavy atom. The molecule has 1 aliphatic heterocycles. The first kappa shape index (κ1) is 30.9. The minimum absolute atomic E-state index is 0.639. The summed E-state index contributed by atoms with van der Waals surface area (Å²) in [6, 6.07) is 60.4. The molecule has 1 aromatic heterocycles. The van der Waals surface area contributed by atoms with E-state index in [1.54, 1.807) is 6.08 Å². The molecule has 0 N–H and O–H groups in total. The standard InChI is InChI=1S/C49H33N3/c1-2-3-5-19-47-45-32-40(24-28-49(45)52(47)42-17-10-12-34(29-42)33-50)39-23-27-48-44(31-39)43-18-8-9-20-46(43)51(48)41-25-21-36(22-26-41)38-16-11-15-37(30-38)35-13-6-4-7-14-35/h2-32H,1H2/b5-3-,47-19-. The molecule has 0 radical (unpaired) electrons. The number of hydrogen-bond acceptors (Lipinski definition) is 2. The number of rotatable bonds is 7. The van der Waals surface area contributed by atoms with Crippen molar-refractivity contribution in [1.82, 2.24) is 4.57 Å².